The Morgan fingerprint density at radius 3 is 2.38 bits per heavy atom. The van der Waals surface area contributed by atoms with E-state index in [9.17, 15) is 4.57 Å². The van der Waals surface area contributed by atoms with Crippen LogP contribution >= 0.6 is 8.69 Å². The van der Waals surface area contributed by atoms with Gasteiger partial charge in [-0.2, -0.15) is 0 Å². The zero-order chi connectivity index (χ0) is 12.1. The van der Waals surface area contributed by atoms with E-state index in [2.05, 4.69) is 0 Å². The zero-order valence-corrected chi connectivity index (χ0v) is 10.9. The first-order valence-electron chi connectivity index (χ1n) is 5.57. The summed E-state index contributed by atoms with van der Waals surface area (Å²) in [5.41, 5.74) is 0. The van der Waals surface area contributed by atoms with Crippen LogP contribution in [0, 0.1) is 0 Å². The fraction of sp³-hybridized carbons (Fsp3) is 1.00. The van der Waals surface area contributed by atoms with Gasteiger partial charge in [-0.1, -0.05) is 0 Å². The summed E-state index contributed by atoms with van der Waals surface area (Å²) in [6, 6.07) is 0. The summed E-state index contributed by atoms with van der Waals surface area (Å²) in [5, 5.41) is 0. The van der Waals surface area contributed by atoms with E-state index in [1.54, 1.807) is 6.92 Å². The highest BCUT2D eigenvalue weighted by Crippen LogP contribution is 2.42. The van der Waals surface area contributed by atoms with E-state index >= 15 is 0 Å². The topological polar surface area (TPSA) is 54.0 Å². The molecule has 1 aliphatic rings. The second-order valence-electron chi connectivity index (χ2n) is 3.68. The molecule has 6 heteroatoms. The molecule has 0 N–H and O–H groups in total. The van der Waals surface area contributed by atoms with Crippen molar-refractivity contribution in [3.63, 3.8) is 0 Å². The van der Waals surface area contributed by atoms with Crippen LogP contribution in [0.2, 0.25) is 0 Å². The van der Waals surface area contributed by atoms with Crippen LogP contribution in [0.1, 0.15) is 33.6 Å². The van der Waals surface area contributed by atoms with Gasteiger partial charge >= 0.3 is 8.69 Å². The molecule has 0 aromatic heterocycles. The molecule has 0 amide bonds. The van der Waals surface area contributed by atoms with Crippen molar-refractivity contribution in [3.8, 4) is 0 Å². The molecule has 0 saturated carbocycles. The molecule has 1 rings (SSSR count). The van der Waals surface area contributed by atoms with Crippen molar-refractivity contribution in [3.05, 3.63) is 0 Å². The molecule has 0 aromatic carbocycles. The Morgan fingerprint density at radius 2 is 2.00 bits per heavy atom. The quantitative estimate of drug-likeness (QED) is 0.513. The van der Waals surface area contributed by atoms with Crippen molar-refractivity contribution in [2.75, 3.05) is 19.8 Å². The molecule has 0 aliphatic carbocycles. The molecule has 1 atom stereocenters. The van der Waals surface area contributed by atoms with Gasteiger partial charge in [-0.25, -0.2) is 4.57 Å². The molecule has 1 unspecified atom stereocenters. The lowest BCUT2D eigenvalue weighted by Gasteiger charge is -2.41. The summed E-state index contributed by atoms with van der Waals surface area (Å²) in [4.78, 5) is 0. The Kier molecular flexibility index (Phi) is 5.28. The highest BCUT2D eigenvalue weighted by atomic mass is 31.1. The fourth-order valence-electron chi connectivity index (χ4n) is 2.00. The largest absolute Gasteiger partial charge is 0.346 e. The summed E-state index contributed by atoms with van der Waals surface area (Å²) in [5.74, 6) is -2.09. The predicted molar refractivity (Wildman–Crippen MR) is 58.3 cm³/mol. The standard InChI is InChI=1S/C10H19O5P/c1-4-12-9(3,13-5-2)10(15-16-11)7-6-8-14-10/h4-8H2,1-3H3. The summed E-state index contributed by atoms with van der Waals surface area (Å²) in [6.45, 7) is 7.01. The van der Waals surface area contributed by atoms with Crippen LogP contribution in [0.5, 0.6) is 0 Å². The normalized spacial score (nSPS) is 26.4. The van der Waals surface area contributed by atoms with E-state index in [1.165, 1.54) is 0 Å². The van der Waals surface area contributed by atoms with Crippen molar-refractivity contribution in [1.29, 1.82) is 0 Å². The molecule has 94 valence electrons. The van der Waals surface area contributed by atoms with Gasteiger partial charge in [0.25, 0.3) is 0 Å². The van der Waals surface area contributed by atoms with Gasteiger partial charge in [0.15, 0.2) is 0 Å². The molecule has 5 nitrogen and oxygen atoms in total. The molecule has 1 saturated heterocycles. The van der Waals surface area contributed by atoms with Gasteiger partial charge < -0.3 is 14.2 Å². The minimum Gasteiger partial charge on any atom is -0.346 e. The van der Waals surface area contributed by atoms with Crippen molar-refractivity contribution in [1.82, 2.24) is 0 Å². The first-order chi connectivity index (χ1) is 7.64. The van der Waals surface area contributed by atoms with Crippen LogP contribution in [-0.4, -0.2) is 31.4 Å². The fourth-order valence-corrected chi connectivity index (χ4v) is 2.43. The first kappa shape index (κ1) is 14.0. The molecule has 0 radical (unpaired) electrons. The zero-order valence-electron chi connectivity index (χ0n) is 10.0. The highest BCUT2D eigenvalue weighted by Gasteiger charge is 2.55. The lowest BCUT2D eigenvalue weighted by Crippen LogP contribution is -2.56. The van der Waals surface area contributed by atoms with Crippen molar-refractivity contribution >= 4 is 8.69 Å². The third-order valence-corrected chi connectivity index (χ3v) is 3.07. The van der Waals surface area contributed by atoms with Crippen LogP contribution < -0.4 is 0 Å². The van der Waals surface area contributed by atoms with E-state index in [-0.39, 0.29) is 0 Å². The summed E-state index contributed by atoms with van der Waals surface area (Å²) in [6.07, 6.45) is 1.45. The summed E-state index contributed by atoms with van der Waals surface area (Å²) < 4.78 is 32.7. The second-order valence-corrected chi connectivity index (χ2v) is 4.01. The van der Waals surface area contributed by atoms with Gasteiger partial charge in [0.1, 0.15) is 0 Å². The first-order valence-corrected chi connectivity index (χ1v) is 6.30. The molecule has 0 spiro atoms. The van der Waals surface area contributed by atoms with E-state index in [0.29, 0.717) is 26.2 Å². The van der Waals surface area contributed by atoms with E-state index in [0.717, 1.165) is 6.42 Å². The monoisotopic (exact) mass is 250 g/mol. The number of hydrogen-bond acceptors (Lipinski definition) is 5. The predicted octanol–water partition coefficient (Wildman–Crippen LogP) is 2.51. The van der Waals surface area contributed by atoms with Gasteiger partial charge in [-0.15, -0.1) is 0 Å². The molecule has 0 bridgehead atoms. The van der Waals surface area contributed by atoms with Crippen LogP contribution in [0.25, 0.3) is 0 Å². The Morgan fingerprint density at radius 1 is 1.38 bits per heavy atom. The smallest absolute Gasteiger partial charge is 0.330 e. The molecule has 0 aromatic rings. The van der Waals surface area contributed by atoms with Crippen molar-refractivity contribution < 1.29 is 23.3 Å². The highest BCUT2D eigenvalue weighted by molar-refractivity contribution is 7.17. The Labute approximate surface area is 97.7 Å². The minimum atomic E-state index is -1.07. The summed E-state index contributed by atoms with van der Waals surface area (Å²) in [7, 11) is -0.424. The van der Waals surface area contributed by atoms with Gasteiger partial charge in [0, 0.05) is 19.6 Å². The van der Waals surface area contributed by atoms with Gasteiger partial charge in [-0.05, 0) is 27.2 Å². The maximum Gasteiger partial charge on any atom is 0.330 e. The number of ether oxygens (including phenoxy) is 3. The van der Waals surface area contributed by atoms with E-state index in [4.69, 9.17) is 18.7 Å². The van der Waals surface area contributed by atoms with E-state index < -0.39 is 20.3 Å². The van der Waals surface area contributed by atoms with Gasteiger partial charge in [0.2, 0.25) is 11.6 Å². The van der Waals surface area contributed by atoms with Crippen LogP contribution in [0.3, 0.4) is 0 Å². The minimum absolute atomic E-state index is 0.424. The van der Waals surface area contributed by atoms with Crippen molar-refractivity contribution in [2.45, 2.75) is 45.2 Å². The molecular weight excluding hydrogens is 231 g/mol. The average molecular weight is 250 g/mol. The lowest BCUT2D eigenvalue weighted by molar-refractivity contribution is -0.365. The molecular formula is C10H19O5P. The Hall–Kier alpha value is -0.0600. The summed E-state index contributed by atoms with van der Waals surface area (Å²) >= 11 is 0. The third-order valence-electron chi connectivity index (χ3n) is 2.70. The molecule has 1 aliphatic heterocycles. The van der Waals surface area contributed by atoms with Crippen LogP contribution in [0.15, 0.2) is 0 Å². The third kappa shape index (κ3) is 2.60. The molecule has 1 heterocycles. The SMILES string of the molecule is CCOC(C)(OCC)C1(OP=O)CCCO1. The van der Waals surface area contributed by atoms with Gasteiger partial charge in [0.05, 0.1) is 6.61 Å². The van der Waals surface area contributed by atoms with Gasteiger partial charge in [-0.3, -0.25) is 4.52 Å². The van der Waals surface area contributed by atoms with Crippen LogP contribution in [0.4, 0.5) is 0 Å². The maximum absolute atomic E-state index is 10.7. The second kappa shape index (κ2) is 6.03. The lowest BCUT2D eigenvalue weighted by atomic mass is 10.0. The van der Waals surface area contributed by atoms with E-state index in [1.807, 2.05) is 13.8 Å². The maximum atomic E-state index is 10.7. The van der Waals surface area contributed by atoms with Crippen LogP contribution in [-0.2, 0) is 23.3 Å². The number of hydrogen-bond donors (Lipinski definition) is 0. The molecule has 16 heavy (non-hydrogen) atoms. The average Bonchev–Trinajstić information content (AvgIpc) is 2.69. The number of rotatable bonds is 7. The van der Waals surface area contributed by atoms with Crippen molar-refractivity contribution in [2.24, 2.45) is 0 Å². The Bertz CT molecular complexity index is 221. The molecule has 1 fully saturated rings. The Balaban J connectivity index is 2.90.